The normalized spacial score (nSPS) is 15.8. The average molecular weight is 363 g/mol. The highest BCUT2D eigenvalue weighted by atomic mass is 19.1. The third-order valence-electron chi connectivity index (χ3n) is 4.62. The van der Waals surface area contributed by atoms with Crippen molar-refractivity contribution in [1.29, 1.82) is 0 Å². The van der Waals surface area contributed by atoms with E-state index in [0.29, 0.717) is 6.54 Å². The summed E-state index contributed by atoms with van der Waals surface area (Å²) in [4.78, 5) is 13.0. The molecule has 1 aliphatic heterocycles. The molecule has 3 rings (SSSR count). The number of anilines is 1. The van der Waals surface area contributed by atoms with Gasteiger partial charge in [-0.2, -0.15) is 0 Å². The van der Waals surface area contributed by atoms with E-state index >= 15 is 0 Å². The lowest BCUT2D eigenvalue weighted by Crippen LogP contribution is -2.30. The molecular formula is C18H22FN3O4. The lowest BCUT2D eigenvalue weighted by molar-refractivity contribution is -0.384. The number of likely N-dealkylation sites (tertiary alicyclic amines) is 1. The second-order valence-electron chi connectivity index (χ2n) is 6.35. The highest BCUT2D eigenvalue weighted by molar-refractivity contribution is 5.64. The Balaban J connectivity index is 1.85. The molecule has 26 heavy (non-hydrogen) atoms. The van der Waals surface area contributed by atoms with Gasteiger partial charge in [-0.15, -0.1) is 0 Å². The number of nitrogens with zero attached hydrogens (tertiary/aromatic N) is 2. The van der Waals surface area contributed by atoms with Crippen LogP contribution in [-0.4, -0.2) is 36.6 Å². The van der Waals surface area contributed by atoms with Gasteiger partial charge in [-0.25, -0.2) is 4.39 Å². The minimum atomic E-state index is -0.762. The van der Waals surface area contributed by atoms with Crippen molar-refractivity contribution in [3.05, 3.63) is 51.7 Å². The predicted octanol–water partition coefficient (Wildman–Crippen LogP) is 3.89. The van der Waals surface area contributed by atoms with Crippen LogP contribution in [0.25, 0.3) is 0 Å². The Morgan fingerprint density at radius 3 is 2.69 bits per heavy atom. The molecule has 0 spiro atoms. The summed E-state index contributed by atoms with van der Waals surface area (Å²) in [5, 5.41) is 14.4. The van der Waals surface area contributed by atoms with Crippen molar-refractivity contribution < 1.29 is 18.5 Å². The van der Waals surface area contributed by atoms with Gasteiger partial charge in [-0.05, 0) is 45.0 Å². The van der Waals surface area contributed by atoms with Gasteiger partial charge in [0.25, 0.3) is 5.69 Å². The van der Waals surface area contributed by atoms with E-state index < -0.39 is 10.7 Å². The van der Waals surface area contributed by atoms with Crippen LogP contribution in [0.2, 0.25) is 0 Å². The van der Waals surface area contributed by atoms with Crippen LogP contribution in [-0.2, 0) is 0 Å². The van der Waals surface area contributed by atoms with Gasteiger partial charge in [-0.3, -0.25) is 15.0 Å². The van der Waals surface area contributed by atoms with E-state index in [2.05, 4.69) is 10.2 Å². The first-order valence-electron chi connectivity index (χ1n) is 8.55. The molecule has 2 aromatic rings. The molecule has 0 aliphatic carbocycles. The van der Waals surface area contributed by atoms with E-state index in [1.807, 2.05) is 19.1 Å². The molecule has 7 nitrogen and oxygen atoms in total. The van der Waals surface area contributed by atoms with Crippen LogP contribution >= 0.6 is 0 Å². The lowest BCUT2D eigenvalue weighted by Gasteiger charge is -2.26. The number of benzene rings is 1. The average Bonchev–Trinajstić information content (AvgIpc) is 3.28. The lowest BCUT2D eigenvalue weighted by atomic mass is 10.1. The number of halogens is 1. The summed E-state index contributed by atoms with van der Waals surface area (Å²) < 4.78 is 24.6. The van der Waals surface area contributed by atoms with E-state index in [-0.39, 0.29) is 23.2 Å². The molecule has 1 aromatic heterocycles. The van der Waals surface area contributed by atoms with E-state index in [1.54, 1.807) is 0 Å². The van der Waals surface area contributed by atoms with Crippen molar-refractivity contribution in [1.82, 2.24) is 4.90 Å². The Labute approximate surface area is 150 Å². The van der Waals surface area contributed by atoms with Crippen LogP contribution in [0.15, 0.2) is 28.7 Å². The predicted molar refractivity (Wildman–Crippen MR) is 95.1 cm³/mol. The summed E-state index contributed by atoms with van der Waals surface area (Å²) in [6.07, 6.45) is 2.22. The van der Waals surface area contributed by atoms with Crippen LogP contribution in [0.4, 0.5) is 15.8 Å². The number of nitro groups is 1. The molecule has 140 valence electrons. The summed E-state index contributed by atoms with van der Waals surface area (Å²) in [5.74, 6) is 0.833. The SMILES string of the molecule is COc1cc(NCC(c2ccc(C)o2)N2CCCC2)c([N+](=O)[O-])cc1F. The smallest absolute Gasteiger partial charge is 0.295 e. The maximum Gasteiger partial charge on any atom is 0.295 e. The zero-order valence-corrected chi connectivity index (χ0v) is 14.8. The Kier molecular flexibility index (Phi) is 5.41. The Morgan fingerprint density at radius 2 is 2.12 bits per heavy atom. The maximum absolute atomic E-state index is 13.8. The molecule has 1 N–H and O–H groups in total. The first kappa shape index (κ1) is 18.2. The zero-order chi connectivity index (χ0) is 18.7. The van der Waals surface area contributed by atoms with Gasteiger partial charge < -0.3 is 14.5 Å². The number of rotatable bonds is 7. The molecule has 0 bridgehead atoms. The van der Waals surface area contributed by atoms with Gasteiger partial charge in [0.2, 0.25) is 0 Å². The fraction of sp³-hybridized carbons (Fsp3) is 0.444. The number of aryl methyl sites for hydroxylation is 1. The highest BCUT2D eigenvalue weighted by Gasteiger charge is 2.27. The van der Waals surface area contributed by atoms with E-state index in [1.165, 1.54) is 13.2 Å². The van der Waals surface area contributed by atoms with Crippen LogP contribution in [0.1, 0.15) is 30.4 Å². The minimum Gasteiger partial charge on any atom is -0.494 e. The standard InChI is InChI=1S/C18H22FN3O4/c1-12-5-6-17(26-12)16(21-7-3-4-8-21)11-20-14-10-18(25-2)13(19)9-15(14)22(23)24/h5-6,9-10,16,20H,3-4,7-8,11H2,1-2H3. The Hall–Kier alpha value is -2.61. The Morgan fingerprint density at radius 1 is 1.38 bits per heavy atom. The second kappa shape index (κ2) is 7.74. The number of methoxy groups -OCH3 is 1. The summed E-state index contributed by atoms with van der Waals surface area (Å²) in [5.41, 5.74) is -0.0974. The van der Waals surface area contributed by atoms with Crippen LogP contribution in [0.3, 0.4) is 0 Å². The minimum absolute atomic E-state index is 0.0373. The number of ether oxygens (including phenoxy) is 1. The van der Waals surface area contributed by atoms with Gasteiger partial charge in [0, 0.05) is 12.6 Å². The monoisotopic (exact) mass is 363 g/mol. The molecule has 0 saturated carbocycles. The molecule has 1 unspecified atom stereocenters. The number of hydrogen-bond donors (Lipinski definition) is 1. The molecule has 1 atom stereocenters. The van der Waals surface area contributed by atoms with Crippen molar-refractivity contribution in [2.24, 2.45) is 0 Å². The first-order valence-corrected chi connectivity index (χ1v) is 8.55. The summed E-state index contributed by atoms with van der Waals surface area (Å²) in [7, 11) is 1.33. The van der Waals surface area contributed by atoms with E-state index in [0.717, 1.165) is 43.5 Å². The number of nitro benzene ring substituents is 1. The summed E-state index contributed by atoms with van der Waals surface area (Å²) >= 11 is 0. The van der Waals surface area contributed by atoms with Crippen LogP contribution < -0.4 is 10.1 Å². The van der Waals surface area contributed by atoms with E-state index in [9.17, 15) is 14.5 Å². The number of hydrogen-bond acceptors (Lipinski definition) is 6. The molecule has 1 fully saturated rings. The van der Waals surface area contributed by atoms with Gasteiger partial charge in [0.05, 0.1) is 24.1 Å². The second-order valence-corrected chi connectivity index (χ2v) is 6.35. The summed E-state index contributed by atoms with van der Waals surface area (Å²) in [6, 6.07) is 5.98. The van der Waals surface area contributed by atoms with Gasteiger partial charge >= 0.3 is 0 Å². The maximum atomic E-state index is 13.8. The number of furan rings is 1. The van der Waals surface area contributed by atoms with Gasteiger partial charge in [0.1, 0.15) is 17.2 Å². The molecule has 2 heterocycles. The Bertz CT molecular complexity index is 787. The first-order chi connectivity index (χ1) is 12.5. The fourth-order valence-corrected chi connectivity index (χ4v) is 3.29. The third-order valence-corrected chi connectivity index (χ3v) is 4.62. The largest absolute Gasteiger partial charge is 0.494 e. The van der Waals surface area contributed by atoms with Crippen LogP contribution in [0.5, 0.6) is 5.75 Å². The summed E-state index contributed by atoms with van der Waals surface area (Å²) in [6.45, 7) is 4.18. The molecule has 1 aromatic carbocycles. The van der Waals surface area contributed by atoms with Crippen LogP contribution in [0, 0.1) is 22.9 Å². The van der Waals surface area contributed by atoms with Crippen molar-refractivity contribution in [2.45, 2.75) is 25.8 Å². The highest BCUT2D eigenvalue weighted by Crippen LogP contribution is 2.33. The van der Waals surface area contributed by atoms with E-state index in [4.69, 9.17) is 9.15 Å². The fourth-order valence-electron chi connectivity index (χ4n) is 3.29. The van der Waals surface area contributed by atoms with Gasteiger partial charge in [-0.1, -0.05) is 0 Å². The number of nitrogens with one attached hydrogen (secondary N) is 1. The molecule has 8 heteroatoms. The van der Waals surface area contributed by atoms with Crippen molar-refractivity contribution >= 4 is 11.4 Å². The zero-order valence-electron chi connectivity index (χ0n) is 14.8. The quantitative estimate of drug-likeness (QED) is 0.594. The van der Waals surface area contributed by atoms with Crippen molar-refractivity contribution in [3.63, 3.8) is 0 Å². The molecule has 0 radical (unpaired) electrons. The van der Waals surface area contributed by atoms with Crippen molar-refractivity contribution in [2.75, 3.05) is 32.1 Å². The molecular weight excluding hydrogens is 341 g/mol. The van der Waals surface area contributed by atoms with Gasteiger partial charge in [0.15, 0.2) is 11.6 Å². The molecule has 0 amide bonds. The van der Waals surface area contributed by atoms with Crippen molar-refractivity contribution in [3.8, 4) is 5.75 Å². The third kappa shape index (κ3) is 3.80. The molecule has 1 aliphatic rings. The topological polar surface area (TPSA) is 80.8 Å². The molecule has 1 saturated heterocycles.